The van der Waals surface area contributed by atoms with Gasteiger partial charge in [0.15, 0.2) is 0 Å². The number of carboxylic acid groups (broad SMARTS) is 1. The summed E-state index contributed by atoms with van der Waals surface area (Å²) in [6.07, 6.45) is 0. The minimum Gasteiger partial charge on any atom is -0.507 e. The summed E-state index contributed by atoms with van der Waals surface area (Å²) >= 11 is 12.7. The Hall–Kier alpha value is -0.970. The molecule has 0 bridgehead atoms. The van der Waals surface area contributed by atoms with E-state index in [2.05, 4.69) is 0 Å². The smallest absolute Gasteiger partial charge is 0.347 e. The Kier molecular flexibility index (Phi) is 2.50. The van der Waals surface area contributed by atoms with E-state index in [4.69, 9.17) is 28.3 Å². The van der Waals surface area contributed by atoms with Crippen molar-refractivity contribution in [1.29, 1.82) is 0 Å². The average Bonchev–Trinajstić information content (AvgIpc) is 2.51. The number of aromatic carboxylic acids is 1. The van der Waals surface area contributed by atoms with E-state index in [1.807, 2.05) is 0 Å². The number of hydrogen-bond acceptors (Lipinski definition) is 3. The summed E-state index contributed by atoms with van der Waals surface area (Å²) < 4.78 is 0.485. The van der Waals surface area contributed by atoms with Crippen molar-refractivity contribution < 1.29 is 15.0 Å². The third-order valence-electron chi connectivity index (χ3n) is 1.90. The van der Waals surface area contributed by atoms with Crippen molar-refractivity contribution in [2.45, 2.75) is 0 Å². The van der Waals surface area contributed by atoms with Crippen molar-refractivity contribution in [3.63, 3.8) is 0 Å². The first-order valence-corrected chi connectivity index (χ1v) is 5.42. The first kappa shape index (κ1) is 10.5. The molecule has 0 aliphatic heterocycles. The third kappa shape index (κ3) is 1.55. The molecule has 0 radical (unpaired) electrons. The second kappa shape index (κ2) is 3.56. The van der Waals surface area contributed by atoms with Crippen LogP contribution in [0.15, 0.2) is 12.1 Å². The first-order valence-electron chi connectivity index (χ1n) is 3.85. The molecule has 15 heavy (non-hydrogen) atoms. The highest BCUT2D eigenvalue weighted by molar-refractivity contribution is 7.22. The molecule has 78 valence electrons. The SMILES string of the molecule is O=C(O)c1sc2c(Cl)ccc(O)c2c1Cl. The molecule has 1 heterocycles. The number of carboxylic acids is 1. The molecule has 3 nitrogen and oxygen atoms in total. The molecule has 2 N–H and O–H groups in total. The van der Waals surface area contributed by atoms with Crippen LogP contribution >= 0.6 is 34.5 Å². The van der Waals surface area contributed by atoms with Gasteiger partial charge >= 0.3 is 5.97 Å². The quantitative estimate of drug-likeness (QED) is 0.826. The predicted octanol–water partition coefficient (Wildman–Crippen LogP) is 3.61. The topological polar surface area (TPSA) is 57.5 Å². The van der Waals surface area contributed by atoms with Crippen LogP contribution in [-0.2, 0) is 0 Å². The zero-order chi connectivity index (χ0) is 11.2. The number of benzene rings is 1. The molecule has 0 saturated carbocycles. The van der Waals surface area contributed by atoms with Crippen LogP contribution in [0.5, 0.6) is 5.75 Å². The zero-order valence-corrected chi connectivity index (χ0v) is 9.45. The summed E-state index contributed by atoms with van der Waals surface area (Å²) in [6.45, 7) is 0. The molecule has 0 aliphatic rings. The van der Waals surface area contributed by atoms with Crippen LogP contribution in [0.4, 0.5) is 0 Å². The van der Waals surface area contributed by atoms with Crippen LogP contribution in [-0.4, -0.2) is 16.2 Å². The number of phenols is 1. The molecule has 0 spiro atoms. The fourth-order valence-corrected chi connectivity index (χ4v) is 2.93. The van der Waals surface area contributed by atoms with Gasteiger partial charge in [-0.2, -0.15) is 0 Å². The maximum Gasteiger partial charge on any atom is 0.347 e. The molecule has 0 saturated heterocycles. The zero-order valence-electron chi connectivity index (χ0n) is 7.12. The van der Waals surface area contributed by atoms with Crippen molar-refractivity contribution >= 4 is 50.6 Å². The number of halogens is 2. The Morgan fingerprint density at radius 3 is 2.53 bits per heavy atom. The summed E-state index contributed by atoms with van der Waals surface area (Å²) in [4.78, 5) is 10.8. The Morgan fingerprint density at radius 2 is 2.00 bits per heavy atom. The van der Waals surface area contributed by atoms with E-state index in [9.17, 15) is 9.90 Å². The van der Waals surface area contributed by atoms with Gasteiger partial charge in [-0.25, -0.2) is 4.79 Å². The fraction of sp³-hybridized carbons (Fsp3) is 0. The number of fused-ring (bicyclic) bond motifs is 1. The summed E-state index contributed by atoms with van der Waals surface area (Å²) in [6, 6.07) is 2.88. The Bertz CT molecular complexity index is 562. The summed E-state index contributed by atoms with van der Waals surface area (Å²) in [5.41, 5.74) is 0. The van der Waals surface area contributed by atoms with E-state index in [1.165, 1.54) is 12.1 Å². The van der Waals surface area contributed by atoms with Gasteiger partial charge < -0.3 is 10.2 Å². The van der Waals surface area contributed by atoms with Crippen molar-refractivity contribution in [2.24, 2.45) is 0 Å². The van der Waals surface area contributed by atoms with Gasteiger partial charge in [0.1, 0.15) is 10.6 Å². The van der Waals surface area contributed by atoms with Crippen LogP contribution in [0.3, 0.4) is 0 Å². The van der Waals surface area contributed by atoms with Gasteiger partial charge in [-0.3, -0.25) is 0 Å². The number of phenolic OH excluding ortho intramolecular Hbond substituents is 1. The van der Waals surface area contributed by atoms with Crippen molar-refractivity contribution in [3.05, 3.63) is 27.1 Å². The number of rotatable bonds is 1. The minimum absolute atomic E-state index is 0.0185. The van der Waals surface area contributed by atoms with Crippen LogP contribution in [0.25, 0.3) is 10.1 Å². The molecule has 0 unspecified atom stereocenters. The highest BCUT2D eigenvalue weighted by Crippen LogP contribution is 2.43. The highest BCUT2D eigenvalue weighted by Gasteiger charge is 2.20. The van der Waals surface area contributed by atoms with E-state index < -0.39 is 5.97 Å². The number of aromatic hydroxyl groups is 1. The number of carbonyl (C=O) groups is 1. The Morgan fingerprint density at radius 1 is 1.33 bits per heavy atom. The van der Waals surface area contributed by atoms with E-state index in [0.717, 1.165) is 11.3 Å². The largest absolute Gasteiger partial charge is 0.507 e. The maximum absolute atomic E-state index is 10.8. The van der Waals surface area contributed by atoms with E-state index in [1.54, 1.807) is 0 Å². The third-order valence-corrected chi connectivity index (χ3v) is 4.03. The average molecular weight is 263 g/mol. The van der Waals surface area contributed by atoms with E-state index in [-0.39, 0.29) is 15.6 Å². The first-order chi connectivity index (χ1) is 7.02. The van der Waals surface area contributed by atoms with E-state index >= 15 is 0 Å². The lowest BCUT2D eigenvalue weighted by Gasteiger charge is -1.96. The fourth-order valence-electron chi connectivity index (χ4n) is 1.26. The van der Waals surface area contributed by atoms with Gasteiger partial charge in [0.2, 0.25) is 0 Å². The van der Waals surface area contributed by atoms with Crippen LogP contribution in [0, 0.1) is 0 Å². The summed E-state index contributed by atoms with van der Waals surface area (Å²) in [7, 11) is 0. The highest BCUT2D eigenvalue weighted by atomic mass is 35.5. The molecule has 0 amide bonds. The van der Waals surface area contributed by atoms with Crippen molar-refractivity contribution in [2.75, 3.05) is 0 Å². The van der Waals surface area contributed by atoms with Crippen LogP contribution < -0.4 is 0 Å². The second-order valence-electron chi connectivity index (χ2n) is 2.82. The van der Waals surface area contributed by atoms with Gasteiger partial charge in [-0.1, -0.05) is 23.2 Å². The molecule has 2 rings (SSSR count). The van der Waals surface area contributed by atoms with E-state index in [0.29, 0.717) is 15.1 Å². The molecular formula is C9H4Cl2O3S. The molecule has 1 aromatic carbocycles. The molecule has 1 aromatic heterocycles. The summed E-state index contributed by atoms with van der Waals surface area (Å²) in [5, 5.41) is 19.1. The minimum atomic E-state index is -1.13. The standard InChI is InChI=1S/C9H4Cl2O3S/c10-3-1-2-4(12)5-6(11)8(9(13)14)15-7(3)5/h1-2,12H,(H,13,14). The monoisotopic (exact) mass is 262 g/mol. The van der Waals surface area contributed by atoms with Crippen molar-refractivity contribution in [1.82, 2.24) is 0 Å². The van der Waals surface area contributed by atoms with Gasteiger partial charge in [0, 0.05) is 0 Å². The normalized spacial score (nSPS) is 10.8. The maximum atomic E-state index is 10.8. The van der Waals surface area contributed by atoms with Crippen molar-refractivity contribution in [3.8, 4) is 5.75 Å². The van der Waals surface area contributed by atoms with Crippen LogP contribution in [0.1, 0.15) is 9.67 Å². The van der Waals surface area contributed by atoms with Gasteiger partial charge in [-0.05, 0) is 12.1 Å². The second-order valence-corrected chi connectivity index (χ2v) is 4.63. The van der Waals surface area contributed by atoms with Gasteiger partial charge in [-0.15, -0.1) is 11.3 Å². The van der Waals surface area contributed by atoms with Gasteiger partial charge in [0.05, 0.1) is 20.1 Å². The van der Waals surface area contributed by atoms with Crippen LogP contribution in [0.2, 0.25) is 10.0 Å². The molecule has 0 atom stereocenters. The Labute approximate surface area is 98.5 Å². The molecular weight excluding hydrogens is 259 g/mol. The molecule has 6 heteroatoms. The summed E-state index contributed by atoms with van der Waals surface area (Å²) in [5.74, 6) is -1.19. The Balaban J connectivity index is 2.93. The number of thiophene rings is 1. The lowest BCUT2D eigenvalue weighted by Crippen LogP contribution is -1.91. The lowest BCUT2D eigenvalue weighted by atomic mass is 10.2. The molecule has 0 aliphatic carbocycles. The van der Waals surface area contributed by atoms with Gasteiger partial charge in [0.25, 0.3) is 0 Å². The predicted molar refractivity (Wildman–Crippen MR) is 60.5 cm³/mol. The molecule has 0 fully saturated rings. The molecule has 2 aromatic rings. The number of hydrogen-bond donors (Lipinski definition) is 2. The lowest BCUT2D eigenvalue weighted by molar-refractivity contribution is 0.0702.